The Morgan fingerprint density at radius 3 is 2.24 bits per heavy atom. The van der Waals surface area contributed by atoms with Crippen molar-refractivity contribution in [3.8, 4) is 17.6 Å². The molecule has 0 aliphatic rings. The number of phenolic OH excluding ortho intramolecular Hbond substituents is 1. The molecule has 0 aliphatic heterocycles. The largest absolute Gasteiger partial charge is 0.507 e. The van der Waals surface area contributed by atoms with Gasteiger partial charge in [-0.2, -0.15) is 0 Å². The number of aromatic hydroxyl groups is 1. The van der Waals surface area contributed by atoms with E-state index >= 15 is 0 Å². The van der Waals surface area contributed by atoms with Crippen LogP contribution in [-0.4, -0.2) is 15.1 Å². The number of thiazole rings is 1. The summed E-state index contributed by atoms with van der Waals surface area (Å²) in [5.41, 5.74) is 4.44. The molecule has 0 amide bonds. The average molecular weight is 479 g/mol. The number of hydrogen-bond acceptors (Lipinski definition) is 5. The third-order valence-electron chi connectivity index (χ3n) is 5.38. The van der Waals surface area contributed by atoms with Gasteiger partial charge >= 0.3 is 0 Å². The van der Waals surface area contributed by atoms with E-state index in [-0.39, 0.29) is 10.8 Å². The number of phenols is 1. The minimum absolute atomic E-state index is 0.201. The van der Waals surface area contributed by atoms with Gasteiger partial charge in [0.05, 0.1) is 5.56 Å². The summed E-state index contributed by atoms with van der Waals surface area (Å²) in [6, 6.07) is 7.68. The van der Waals surface area contributed by atoms with Gasteiger partial charge in [-0.05, 0) is 45.6 Å². The van der Waals surface area contributed by atoms with Crippen LogP contribution in [0.25, 0.3) is 11.1 Å². The highest BCUT2D eigenvalue weighted by molar-refractivity contribution is 7.10. The molecule has 4 aromatic rings. The fraction of sp³-hybridized carbons (Fsp3) is 0.333. The Hall–Kier alpha value is -2.81. The van der Waals surface area contributed by atoms with Crippen LogP contribution in [0.15, 0.2) is 40.3 Å². The Morgan fingerprint density at radius 1 is 1.00 bits per heavy atom. The predicted octanol–water partition coefficient (Wildman–Crippen LogP) is 7.23. The van der Waals surface area contributed by atoms with Crippen LogP contribution in [0.2, 0.25) is 5.02 Å². The monoisotopic (exact) mass is 478 g/mol. The minimum Gasteiger partial charge on any atom is -0.507 e. The van der Waals surface area contributed by atoms with Crippen LogP contribution in [0.1, 0.15) is 74.7 Å². The van der Waals surface area contributed by atoms with Crippen molar-refractivity contribution < 1.29 is 9.52 Å². The third kappa shape index (κ3) is 5.08. The topological polar surface area (TPSA) is 59.2 Å². The average Bonchev–Trinajstić information content (AvgIpc) is 3.35. The third-order valence-corrected chi connectivity index (χ3v) is 6.28. The lowest BCUT2D eigenvalue weighted by Crippen LogP contribution is -2.18. The molecular weight excluding hydrogens is 452 g/mol. The van der Waals surface area contributed by atoms with E-state index in [4.69, 9.17) is 16.0 Å². The van der Waals surface area contributed by atoms with Gasteiger partial charge in [-0.15, -0.1) is 11.3 Å². The Kier molecular flexibility index (Phi) is 6.03. The van der Waals surface area contributed by atoms with Crippen molar-refractivity contribution in [2.24, 2.45) is 0 Å². The number of nitrogens with zero attached hydrogens (tertiary/aromatic N) is 2. The van der Waals surface area contributed by atoms with Crippen LogP contribution in [0.3, 0.4) is 0 Å². The fourth-order valence-electron chi connectivity index (χ4n) is 3.73. The normalized spacial score (nSPS) is 12.1. The summed E-state index contributed by atoms with van der Waals surface area (Å²) in [4.78, 5) is 8.89. The number of halogens is 1. The molecule has 0 spiro atoms. The summed E-state index contributed by atoms with van der Waals surface area (Å²) in [6.45, 7) is 12.6. The molecule has 2 heterocycles. The van der Waals surface area contributed by atoms with Gasteiger partial charge in [-0.25, -0.2) is 9.97 Å². The molecule has 0 atom stereocenters. The van der Waals surface area contributed by atoms with E-state index in [0.717, 1.165) is 21.7 Å². The van der Waals surface area contributed by atoms with Crippen LogP contribution >= 0.6 is 22.9 Å². The smallest absolute Gasteiger partial charge is 0.199 e. The second-order valence-corrected chi connectivity index (χ2v) is 11.5. The van der Waals surface area contributed by atoms with Crippen LogP contribution < -0.4 is 0 Å². The fourth-order valence-corrected chi connectivity index (χ4v) is 4.43. The standard InChI is InChI=1S/C27H27ClN2O2S/c1-26(2,3)19-11-16(12-20(24(19)31)27(4,5)6)13-22-30-21-15-18(28)14-17(25(21)32-22)7-8-23-29-9-10-33-23/h9-12,14-15,31H,13H2,1-6H3. The summed E-state index contributed by atoms with van der Waals surface area (Å²) >= 11 is 7.80. The Labute approximate surface area is 203 Å². The summed E-state index contributed by atoms with van der Waals surface area (Å²) in [5.74, 6) is 7.12. The van der Waals surface area contributed by atoms with Crippen molar-refractivity contribution in [1.82, 2.24) is 9.97 Å². The lowest BCUT2D eigenvalue weighted by Gasteiger charge is -2.28. The molecule has 6 heteroatoms. The van der Waals surface area contributed by atoms with Gasteiger partial charge in [-0.1, -0.05) is 71.2 Å². The quantitative estimate of drug-likeness (QED) is 0.309. The van der Waals surface area contributed by atoms with E-state index < -0.39 is 0 Å². The molecule has 1 N–H and O–H groups in total. The molecule has 33 heavy (non-hydrogen) atoms. The molecule has 0 fully saturated rings. The van der Waals surface area contributed by atoms with Crippen LogP contribution in [-0.2, 0) is 17.3 Å². The molecule has 0 aliphatic carbocycles. The molecular formula is C27H27ClN2O2S. The van der Waals surface area contributed by atoms with Crippen molar-refractivity contribution in [3.63, 3.8) is 0 Å². The molecule has 0 saturated heterocycles. The molecule has 0 radical (unpaired) electrons. The van der Waals surface area contributed by atoms with Gasteiger partial charge in [0.1, 0.15) is 11.3 Å². The van der Waals surface area contributed by atoms with Crippen molar-refractivity contribution >= 4 is 34.0 Å². The maximum absolute atomic E-state index is 11.0. The Bertz CT molecular complexity index is 1340. The van der Waals surface area contributed by atoms with Crippen molar-refractivity contribution in [3.05, 3.63) is 74.0 Å². The highest BCUT2D eigenvalue weighted by atomic mass is 35.5. The first-order valence-electron chi connectivity index (χ1n) is 10.8. The zero-order valence-corrected chi connectivity index (χ0v) is 21.3. The second-order valence-electron chi connectivity index (χ2n) is 10.2. The van der Waals surface area contributed by atoms with Gasteiger partial charge in [0.15, 0.2) is 16.5 Å². The first-order valence-corrected chi connectivity index (χ1v) is 12.0. The molecule has 2 aromatic carbocycles. The number of hydrogen-bond donors (Lipinski definition) is 1. The number of oxazole rings is 1. The van der Waals surface area contributed by atoms with E-state index in [2.05, 4.69) is 75.5 Å². The number of aromatic nitrogens is 2. The zero-order chi connectivity index (χ0) is 24.0. The predicted molar refractivity (Wildman–Crippen MR) is 135 cm³/mol. The SMILES string of the molecule is CC(C)(C)c1cc(Cc2nc3cc(Cl)cc(C#Cc4nccs4)c3o2)cc(C(C)(C)C)c1O. The summed E-state index contributed by atoms with van der Waals surface area (Å²) < 4.78 is 6.16. The highest BCUT2D eigenvalue weighted by Crippen LogP contribution is 2.40. The second kappa shape index (κ2) is 8.52. The first kappa shape index (κ1) is 23.4. The number of benzene rings is 2. The molecule has 0 unspecified atom stereocenters. The van der Waals surface area contributed by atoms with Gasteiger partial charge in [0.2, 0.25) is 0 Å². The molecule has 4 rings (SSSR count). The molecule has 170 valence electrons. The molecule has 0 saturated carbocycles. The first-order chi connectivity index (χ1) is 15.4. The van der Waals surface area contributed by atoms with Crippen LogP contribution in [0, 0.1) is 11.8 Å². The van der Waals surface area contributed by atoms with E-state index in [9.17, 15) is 5.11 Å². The van der Waals surface area contributed by atoms with Gasteiger partial charge in [-0.3, -0.25) is 0 Å². The number of rotatable bonds is 2. The lowest BCUT2D eigenvalue weighted by atomic mass is 9.78. The highest BCUT2D eigenvalue weighted by Gasteiger charge is 2.27. The van der Waals surface area contributed by atoms with Gasteiger partial charge in [0, 0.05) is 23.0 Å². The van der Waals surface area contributed by atoms with Gasteiger partial charge < -0.3 is 9.52 Å². The molecule has 4 nitrogen and oxygen atoms in total. The van der Waals surface area contributed by atoms with E-state index in [1.807, 2.05) is 5.38 Å². The van der Waals surface area contributed by atoms with Crippen LogP contribution in [0.4, 0.5) is 0 Å². The van der Waals surface area contributed by atoms with E-state index in [1.165, 1.54) is 11.3 Å². The minimum atomic E-state index is -0.201. The lowest BCUT2D eigenvalue weighted by molar-refractivity contribution is 0.422. The molecule has 0 bridgehead atoms. The summed E-state index contributed by atoms with van der Waals surface area (Å²) in [6.07, 6.45) is 2.22. The summed E-state index contributed by atoms with van der Waals surface area (Å²) in [5, 5.41) is 14.2. The van der Waals surface area contributed by atoms with Crippen molar-refractivity contribution in [2.45, 2.75) is 58.8 Å². The van der Waals surface area contributed by atoms with E-state index in [1.54, 1.807) is 18.3 Å². The maximum Gasteiger partial charge on any atom is 0.199 e. The number of fused-ring (bicyclic) bond motifs is 1. The maximum atomic E-state index is 11.0. The Balaban J connectivity index is 1.78. The van der Waals surface area contributed by atoms with Crippen LogP contribution in [0.5, 0.6) is 5.75 Å². The zero-order valence-electron chi connectivity index (χ0n) is 19.7. The van der Waals surface area contributed by atoms with Crippen molar-refractivity contribution in [1.29, 1.82) is 0 Å². The van der Waals surface area contributed by atoms with E-state index in [0.29, 0.717) is 39.7 Å². The Morgan fingerprint density at radius 2 is 1.67 bits per heavy atom. The van der Waals surface area contributed by atoms with Gasteiger partial charge in [0.25, 0.3) is 0 Å². The molecule has 2 aromatic heterocycles. The van der Waals surface area contributed by atoms with Crippen molar-refractivity contribution in [2.75, 3.05) is 0 Å². The summed E-state index contributed by atoms with van der Waals surface area (Å²) in [7, 11) is 0.